The molecule has 1 aromatic carbocycles. The number of benzene rings is 1. The molecule has 18 heavy (non-hydrogen) atoms. The van der Waals surface area contributed by atoms with Gasteiger partial charge in [0, 0.05) is 0 Å². The van der Waals surface area contributed by atoms with Crippen LogP contribution in [0, 0.1) is 0 Å². The van der Waals surface area contributed by atoms with Gasteiger partial charge in [-0.2, -0.15) is 0 Å². The summed E-state index contributed by atoms with van der Waals surface area (Å²) in [6.45, 7) is 0. The zero-order valence-corrected chi connectivity index (χ0v) is 9.72. The number of aliphatic carboxylic acids is 2. The second-order valence-corrected chi connectivity index (χ2v) is 4.65. The first-order chi connectivity index (χ1) is 8.45. The highest BCUT2D eigenvalue weighted by atomic mass is 16.4. The fraction of sp³-hybridized carbons (Fsp3) is 0.385. The smallest absolute Gasteiger partial charge is 0.314 e. The second kappa shape index (κ2) is 4.33. The fourth-order valence-corrected chi connectivity index (χ4v) is 2.71. The fourth-order valence-electron chi connectivity index (χ4n) is 2.71. The van der Waals surface area contributed by atoms with Crippen molar-refractivity contribution in [3.05, 3.63) is 29.3 Å². The molecule has 1 aliphatic rings. The van der Waals surface area contributed by atoms with E-state index in [1.807, 2.05) is 0 Å². The number of carboxylic acids is 2. The first-order valence-corrected chi connectivity index (χ1v) is 5.73. The van der Waals surface area contributed by atoms with Crippen LogP contribution in [0.4, 0.5) is 0 Å². The largest absolute Gasteiger partial charge is 0.508 e. The van der Waals surface area contributed by atoms with E-state index in [0.717, 1.165) is 5.56 Å². The van der Waals surface area contributed by atoms with Crippen molar-refractivity contribution in [2.45, 2.75) is 31.1 Å². The van der Waals surface area contributed by atoms with Crippen molar-refractivity contribution < 1.29 is 24.9 Å². The Morgan fingerprint density at radius 3 is 2.61 bits per heavy atom. The van der Waals surface area contributed by atoms with Gasteiger partial charge in [-0.25, -0.2) is 0 Å². The van der Waals surface area contributed by atoms with Crippen molar-refractivity contribution in [1.29, 1.82) is 0 Å². The maximum atomic E-state index is 11.5. The van der Waals surface area contributed by atoms with E-state index in [2.05, 4.69) is 0 Å². The molecule has 5 nitrogen and oxygen atoms in total. The third-order valence-corrected chi connectivity index (χ3v) is 3.52. The van der Waals surface area contributed by atoms with E-state index in [1.54, 1.807) is 0 Å². The molecular weight excluding hydrogens is 236 g/mol. The highest BCUT2D eigenvalue weighted by Gasteiger charge is 2.45. The molecule has 1 aromatic rings. The minimum Gasteiger partial charge on any atom is -0.508 e. The van der Waals surface area contributed by atoms with Gasteiger partial charge in [-0.1, -0.05) is 6.07 Å². The molecule has 0 fully saturated rings. The summed E-state index contributed by atoms with van der Waals surface area (Å²) in [5.74, 6) is -2.17. The molecule has 0 saturated heterocycles. The van der Waals surface area contributed by atoms with Crippen LogP contribution in [0.3, 0.4) is 0 Å². The van der Waals surface area contributed by atoms with Gasteiger partial charge in [-0.05, 0) is 42.5 Å². The summed E-state index contributed by atoms with van der Waals surface area (Å²) in [6.07, 6.45) is 1.15. The summed E-state index contributed by atoms with van der Waals surface area (Å²) >= 11 is 0. The molecule has 2 rings (SSSR count). The minimum absolute atomic E-state index is 0.0743. The van der Waals surface area contributed by atoms with Crippen LogP contribution < -0.4 is 0 Å². The van der Waals surface area contributed by atoms with E-state index >= 15 is 0 Å². The average molecular weight is 250 g/mol. The molecule has 0 amide bonds. The number of aryl methyl sites for hydroxylation is 1. The van der Waals surface area contributed by atoms with E-state index < -0.39 is 23.8 Å². The Hall–Kier alpha value is -2.04. The number of fused-ring (bicyclic) bond motifs is 1. The van der Waals surface area contributed by atoms with Gasteiger partial charge < -0.3 is 15.3 Å². The SMILES string of the molecule is O=C(O)C[C@]1(C(=O)O)CCCc2cc(O)ccc21. The number of hydrogen-bond acceptors (Lipinski definition) is 3. The zero-order valence-electron chi connectivity index (χ0n) is 9.72. The van der Waals surface area contributed by atoms with Crippen LogP contribution >= 0.6 is 0 Å². The minimum atomic E-state index is -1.37. The van der Waals surface area contributed by atoms with Crippen LogP contribution in [0.1, 0.15) is 30.4 Å². The normalized spacial score (nSPS) is 22.2. The third-order valence-electron chi connectivity index (χ3n) is 3.52. The molecule has 0 unspecified atom stereocenters. The van der Waals surface area contributed by atoms with E-state index in [-0.39, 0.29) is 5.75 Å². The van der Waals surface area contributed by atoms with Crippen LogP contribution in [-0.2, 0) is 21.4 Å². The van der Waals surface area contributed by atoms with Crippen LogP contribution in [0.15, 0.2) is 18.2 Å². The van der Waals surface area contributed by atoms with Gasteiger partial charge in [0.2, 0.25) is 0 Å². The summed E-state index contributed by atoms with van der Waals surface area (Å²) in [6, 6.07) is 4.46. The third kappa shape index (κ3) is 1.92. The van der Waals surface area contributed by atoms with Crippen molar-refractivity contribution in [2.75, 3.05) is 0 Å². The number of hydrogen-bond donors (Lipinski definition) is 3. The molecule has 3 N–H and O–H groups in total. The van der Waals surface area contributed by atoms with Gasteiger partial charge in [0.15, 0.2) is 0 Å². The maximum absolute atomic E-state index is 11.5. The van der Waals surface area contributed by atoms with Crippen molar-refractivity contribution >= 4 is 11.9 Å². The van der Waals surface area contributed by atoms with Gasteiger partial charge >= 0.3 is 11.9 Å². The molecular formula is C13H14O5. The molecule has 0 saturated carbocycles. The lowest BCUT2D eigenvalue weighted by Gasteiger charge is -2.34. The molecule has 1 atom stereocenters. The Balaban J connectivity index is 2.57. The lowest BCUT2D eigenvalue weighted by Crippen LogP contribution is -2.41. The molecule has 0 heterocycles. The predicted molar refractivity (Wildman–Crippen MR) is 62.6 cm³/mol. The summed E-state index contributed by atoms with van der Waals surface area (Å²) in [5.41, 5.74) is -0.126. The van der Waals surface area contributed by atoms with Gasteiger partial charge in [-0.3, -0.25) is 9.59 Å². The lowest BCUT2D eigenvalue weighted by molar-refractivity contribution is -0.151. The quantitative estimate of drug-likeness (QED) is 0.756. The molecule has 5 heteroatoms. The number of phenols is 1. The van der Waals surface area contributed by atoms with Crippen LogP contribution in [-0.4, -0.2) is 27.3 Å². The molecule has 0 spiro atoms. The van der Waals surface area contributed by atoms with Crippen molar-refractivity contribution in [3.63, 3.8) is 0 Å². The van der Waals surface area contributed by atoms with Crippen LogP contribution in [0.5, 0.6) is 5.75 Å². The standard InChI is InChI=1S/C13H14O5/c14-9-3-4-10-8(6-9)2-1-5-13(10,12(17)18)7-11(15)16/h3-4,6,14H,1-2,5,7H2,(H,15,16)(H,17,18)/t13-/m1/s1. The monoisotopic (exact) mass is 250 g/mol. The molecule has 0 aromatic heterocycles. The van der Waals surface area contributed by atoms with Gasteiger partial charge in [0.1, 0.15) is 11.2 Å². The van der Waals surface area contributed by atoms with Crippen molar-refractivity contribution in [1.82, 2.24) is 0 Å². The summed E-state index contributed by atoms with van der Waals surface area (Å²) in [5, 5.41) is 27.8. The first-order valence-electron chi connectivity index (χ1n) is 5.73. The Kier molecular flexibility index (Phi) is 2.98. The van der Waals surface area contributed by atoms with E-state index in [0.29, 0.717) is 24.8 Å². The highest BCUT2D eigenvalue weighted by Crippen LogP contribution is 2.41. The number of carbonyl (C=O) groups is 2. The van der Waals surface area contributed by atoms with Gasteiger partial charge in [0.25, 0.3) is 0 Å². The number of phenolic OH excluding ortho intramolecular Hbond substituents is 1. The average Bonchev–Trinajstić information content (AvgIpc) is 2.27. The number of aromatic hydroxyl groups is 1. The summed E-state index contributed by atoms with van der Waals surface area (Å²) in [4.78, 5) is 22.5. The maximum Gasteiger partial charge on any atom is 0.314 e. The molecule has 0 radical (unpaired) electrons. The predicted octanol–water partition coefficient (Wildman–Crippen LogP) is 1.53. The van der Waals surface area contributed by atoms with Crippen molar-refractivity contribution in [2.24, 2.45) is 0 Å². The lowest BCUT2D eigenvalue weighted by atomic mass is 9.68. The van der Waals surface area contributed by atoms with E-state index in [4.69, 9.17) is 5.11 Å². The number of rotatable bonds is 3. The Morgan fingerprint density at radius 1 is 1.28 bits per heavy atom. The molecule has 0 aliphatic heterocycles. The van der Waals surface area contributed by atoms with Gasteiger partial charge in [-0.15, -0.1) is 0 Å². The highest BCUT2D eigenvalue weighted by molar-refractivity contribution is 5.88. The van der Waals surface area contributed by atoms with Gasteiger partial charge in [0.05, 0.1) is 6.42 Å². The topological polar surface area (TPSA) is 94.8 Å². The van der Waals surface area contributed by atoms with Crippen LogP contribution in [0.2, 0.25) is 0 Å². The van der Waals surface area contributed by atoms with E-state index in [1.165, 1.54) is 18.2 Å². The Morgan fingerprint density at radius 2 is 2.00 bits per heavy atom. The zero-order chi connectivity index (χ0) is 13.3. The summed E-state index contributed by atoms with van der Waals surface area (Å²) in [7, 11) is 0. The Labute approximate surface area is 104 Å². The van der Waals surface area contributed by atoms with E-state index in [9.17, 15) is 19.8 Å². The molecule has 96 valence electrons. The van der Waals surface area contributed by atoms with Crippen LogP contribution in [0.25, 0.3) is 0 Å². The summed E-state index contributed by atoms with van der Waals surface area (Å²) < 4.78 is 0. The molecule has 1 aliphatic carbocycles. The molecule has 0 bridgehead atoms. The number of carboxylic acid groups (broad SMARTS) is 2. The second-order valence-electron chi connectivity index (χ2n) is 4.65. The van der Waals surface area contributed by atoms with Crippen molar-refractivity contribution in [3.8, 4) is 5.75 Å². The first kappa shape index (κ1) is 12.4. The Bertz CT molecular complexity index is 508.